The van der Waals surface area contributed by atoms with Gasteiger partial charge in [0.05, 0.1) is 11.4 Å². The number of H-pyrrole nitrogens is 1. The highest BCUT2D eigenvalue weighted by molar-refractivity contribution is 5.86. The summed E-state index contributed by atoms with van der Waals surface area (Å²) < 4.78 is 2.10. The van der Waals surface area contributed by atoms with Crippen LogP contribution in [0.3, 0.4) is 0 Å². The van der Waals surface area contributed by atoms with Crippen LogP contribution in [0.25, 0.3) is 22.2 Å². The Kier molecular flexibility index (Phi) is 2.65. The summed E-state index contributed by atoms with van der Waals surface area (Å²) in [5.74, 6) is 0. The van der Waals surface area contributed by atoms with Gasteiger partial charge in [-0.05, 0) is 31.5 Å². The molecule has 2 aromatic carbocycles. The second-order valence-corrected chi connectivity index (χ2v) is 6.45. The quantitative estimate of drug-likeness (QED) is 0.538. The normalized spacial score (nSPS) is 15.8. The largest absolute Gasteiger partial charge is 0.361 e. The van der Waals surface area contributed by atoms with E-state index in [-0.39, 0.29) is 6.17 Å². The minimum atomic E-state index is -0.0153. The molecule has 4 nitrogen and oxygen atoms in total. The van der Waals surface area contributed by atoms with Crippen LogP contribution in [0.15, 0.2) is 54.7 Å². The van der Waals surface area contributed by atoms with E-state index in [0.29, 0.717) is 0 Å². The molecule has 0 unspecified atom stereocenters. The molecule has 1 aliphatic heterocycles. The Morgan fingerprint density at radius 2 is 1.92 bits per heavy atom. The van der Waals surface area contributed by atoms with Crippen molar-refractivity contribution < 1.29 is 0 Å². The molecule has 1 aliphatic rings. The Morgan fingerprint density at radius 1 is 1.04 bits per heavy atom. The summed E-state index contributed by atoms with van der Waals surface area (Å²) >= 11 is 0. The van der Waals surface area contributed by atoms with Crippen molar-refractivity contribution in [2.75, 3.05) is 5.32 Å². The third kappa shape index (κ3) is 1.77. The molecule has 0 saturated heterocycles. The highest BCUT2D eigenvalue weighted by atomic mass is 15.4. The second-order valence-electron chi connectivity index (χ2n) is 6.45. The summed E-state index contributed by atoms with van der Waals surface area (Å²) in [5, 5.41) is 9.70. The molecule has 5 rings (SSSR count). The smallest absolute Gasteiger partial charge is 0.149 e. The molecule has 4 aromatic rings. The molecule has 0 saturated carbocycles. The van der Waals surface area contributed by atoms with Crippen LogP contribution < -0.4 is 5.32 Å². The highest BCUT2D eigenvalue weighted by Crippen LogP contribution is 2.41. The summed E-state index contributed by atoms with van der Waals surface area (Å²) in [5.41, 5.74) is 8.22. The molecule has 24 heavy (non-hydrogen) atoms. The molecule has 0 bridgehead atoms. The first kappa shape index (κ1) is 13.4. The lowest BCUT2D eigenvalue weighted by atomic mass is 10.0. The fourth-order valence-corrected chi connectivity index (χ4v) is 3.71. The van der Waals surface area contributed by atoms with Gasteiger partial charge in [0.1, 0.15) is 6.17 Å². The van der Waals surface area contributed by atoms with Crippen molar-refractivity contribution in [2.45, 2.75) is 20.0 Å². The first-order valence-electron chi connectivity index (χ1n) is 8.21. The van der Waals surface area contributed by atoms with E-state index in [1.807, 2.05) is 6.92 Å². The molecular weight excluding hydrogens is 296 g/mol. The Morgan fingerprint density at radius 3 is 2.83 bits per heavy atom. The fourth-order valence-electron chi connectivity index (χ4n) is 3.71. The number of anilines is 1. The van der Waals surface area contributed by atoms with Crippen LogP contribution in [-0.2, 0) is 0 Å². The van der Waals surface area contributed by atoms with Crippen LogP contribution in [0.4, 0.5) is 5.69 Å². The maximum absolute atomic E-state index is 4.76. The monoisotopic (exact) mass is 314 g/mol. The van der Waals surface area contributed by atoms with E-state index in [1.54, 1.807) is 0 Å². The van der Waals surface area contributed by atoms with Gasteiger partial charge in [-0.15, -0.1) is 0 Å². The number of nitrogens with one attached hydrogen (secondary N) is 2. The van der Waals surface area contributed by atoms with E-state index in [4.69, 9.17) is 5.10 Å². The molecule has 2 N–H and O–H groups in total. The van der Waals surface area contributed by atoms with Crippen molar-refractivity contribution >= 4 is 16.6 Å². The minimum absolute atomic E-state index is 0.0153. The van der Waals surface area contributed by atoms with Gasteiger partial charge in [0, 0.05) is 33.9 Å². The van der Waals surface area contributed by atoms with E-state index in [9.17, 15) is 0 Å². The highest BCUT2D eigenvalue weighted by Gasteiger charge is 2.28. The number of para-hydroxylation sites is 2. The standard InChI is InChI=1S/C20H18N4/c1-12-6-5-8-15-18-10-13(2)23-24(18)20(22-19(12)15)16-11-21-17-9-4-3-7-14(16)17/h3-11,20-22H,1-2H3/t20-/m0/s1. The van der Waals surface area contributed by atoms with E-state index in [1.165, 1.54) is 33.5 Å². The first-order chi connectivity index (χ1) is 11.7. The summed E-state index contributed by atoms with van der Waals surface area (Å²) in [6.45, 7) is 4.20. The van der Waals surface area contributed by atoms with Gasteiger partial charge in [-0.3, -0.25) is 0 Å². The maximum Gasteiger partial charge on any atom is 0.149 e. The number of hydrogen-bond acceptors (Lipinski definition) is 2. The topological polar surface area (TPSA) is 45.6 Å². The Hall–Kier alpha value is -3.01. The van der Waals surface area contributed by atoms with Crippen molar-refractivity contribution in [1.82, 2.24) is 14.8 Å². The van der Waals surface area contributed by atoms with Crippen molar-refractivity contribution in [3.05, 3.63) is 71.5 Å². The zero-order valence-electron chi connectivity index (χ0n) is 13.7. The van der Waals surface area contributed by atoms with Crippen LogP contribution in [0.5, 0.6) is 0 Å². The molecule has 4 heteroatoms. The van der Waals surface area contributed by atoms with Gasteiger partial charge in [0.25, 0.3) is 0 Å². The van der Waals surface area contributed by atoms with E-state index >= 15 is 0 Å². The van der Waals surface area contributed by atoms with Crippen molar-refractivity contribution in [2.24, 2.45) is 0 Å². The van der Waals surface area contributed by atoms with Gasteiger partial charge in [0.15, 0.2) is 0 Å². The van der Waals surface area contributed by atoms with Gasteiger partial charge in [-0.2, -0.15) is 5.10 Å². The molecule has 0 spiro atoms. The van der Waals surface area contributed by atoms with Crippen molar-refractivity contribution in [1.29, 1.82) is 0 Å². The van der Waals surface area contributed by atoms with Crippen LogP contribution in [0.2, 0.25) is 0 Å². The van der Waals surface area contributed by atoms with E-state index in [0.717, 1.165) is 11.2 Å². The van der Waals surface area contributed by atoms with Crippen molar-refractivity contribution in [3.63, 3.8) is 0 Å². The fraction of sp³-hybridized carbons (Fsp3) is 0.150. The minimum Gasteiger partial charge on any atom is -0.361 e. The van der Waals surface area contributed by atoms with E-state index in [2.05, 4.69) is 76.6 Å². The second kappa shape index (κ2) is 4.74. The zero-order valence-corrected chi connectivity index (χ0v) is 13.7. The van der Waals surface area contributed by atoms with Gasteiger partial charge in [0.2, 0.25) is 0 Å². The van der Waals surface area contributed by atoms with Crippen LogP contribution >= 0.6 is 0 Å². The number of aromatic amines is 1. The molecule has 3 heterocycles. The number of hydrogen-bond donors (Lipinski definition) is 2. The summed E-state index contributed by atoms with van der Waals surface area (Å²) in [6, 6.07) is 17.0. The number of rotatable bonds is 1. The molecule has 0 aliphatic carbocycles. The zero-order chi connectivity index (χ0) is 16.3. The summed E-state index contributed by atoms with van der Waals surface area (Å²) in [4.78, 5) is 3.38. The molecule has 1 atom stereocenters. The Labute approximate surface area is 140 Å². The Bertz CT molecular complexity index is 1070. The van der Waals surface area contributed by atoms with Crippen LogP contribution in [-0.4, -0.2) is 14.8 Å². The average Bonchev–Trinajstić information content (AvgIpc) is 3.18. The SMILES string of the molecule is Cc1cc2n(n1)[C@@H](c1c[nH]c3ccccc13)Nc1c(C)cccc1-2. The predicted molar refractivity (Wildman–Crippen MR) is 97.2 cm³/mol. The van der Waals surface area contributed by atoms with Gasteiger partial charge < -0.3 is 10.3 Å². The van der Waals surface area contributed by atoms with Gasteiger partial charge in [-0.1, -0.05) is 36.4 Å². The maximum atomic E-state index is 4.76. The first-order valence-corrected chi connectivity index (χ1v) is 8.21. The van der Waals surface area contributed by atoms with Gasteiger partial charge in [-0.25, -0.2) is 4.68 Å². The number of aromatic nitrogens is 3. The molecule has 0 fully saturated rings. The van der Waals surface area contributed by atoms with E-state index < -0.39 is 0 Å². The summed E-state index contributed by atoms with van der Waals surface area (Å²) in [6.07, 6.45) is 2.07. The number of fused-ring (bicyclic) bond motifs is 4. The average molecular weight is 314 g/mol. The predicted octanol–water partition coefficient (Wildman–Crippen LogP) is 4.62. The number of aryl methyl sites for hydroxylation is 2. The molecule has 118 valence electrons. The van der Waals surface area contributed by atoms with Crippen molar-refractivity contribution in [3.8, 4) is 11.3 Å². The third-order valence-corrected chi connectivity index (χ3v) is 4.85. The molecule has 2 aromatic heterocycles. The molecule has 0 amide bonds. The number of nitrogens with zero attached hydrogens (tertiary/aromatic N) is 2. The lowest BCUT2D eigenvalue weighted by Gasteiger charge is -2.30. The lowest BCUT2D eigenvalue weighted by molar-refractivity contribution is 0.574. The van der Waals surface area contributed by atoms with Gasteiger partial charge >= 0.3 is 0 Å². The summed E-state index contributed by atoms with van der Waals surface area (Å²) in [7, 11) is 0. The third-order valence-electron chi connectivity index (χ3n) is 4.85. The van der Waals surface area contributed by atoms with Crippen LogP contribution in [0.1, 0.15) is 23.0 Å². The number of benzene rings is 2. The molecule has 0 radical (unpaired) electrons. The van der Waals surface area contributed by atoms with Crippen LogP contribution in [0, 0.1) is 13.8 Å². The molecular formula is C20H18N4. The lowest BCUT2D eigenvalue weighted by Crippen LogP contribution is -2.26. The Balaban J connectivity index is 1.78.